The number of nitrogens with zero attached hydrogens (tertiary/aromatic N) is 2. The van der Waals surface area contributed by atoms with E-state index in [2.05, 4.69) is 10.5 Å². The Balaban J connectivity index is 2.62. The van der Waals surface area contributed by atoms with E-state index in [9.17, 15) is 9.59 Å². The zero-order valence-electron chi connectivity index (χ0n) is 7.83. The molecule has 1 aliphatic rings. The van der Waals surface area contributed by atoms with Gasteiger partial charge in [0.1, 0.15) is 5.71 Å². The van der Waals surface area contributed by atoms with Gasteiger partial charge in [-0.15, -0.1) is 0 Å². The molecule has 1 rings (SSSR count). The van der Waals surface area contributed by atoms with Gasteiger partial charge in [0.25, 0.3) is 5.91 Å². The van der Waals surface area contributed by atoms with Crippen LogP contribution < -0.4 is 5.43 Å². The second-order valence-electron chi connectivity index (χ2n) is 2.91. The van der Waals surface area contributed by atoms with Crippen molar-refractivity contribution in [3.63, 3.8) is 0 Å². The Hall–Kier alpha value is -1.39. The van der Waals surface area contributed by atoms with Crippen LogP contribution in [0.3, 0.4) is 0 Å². The maximum atomic E-state index is 11.5. The van der Waals surface area contributed by atoms with E-state index in [1.807, 2.05) is 6.92 Å². The standard InChI is InChI=1S/C8H13N3O2/c1-3-11(2)8(13)6-4-5-7(12)10-9-6/h3-5H2,1-2H3,(H,10,12). The van der Waals surface area contributed by atoms with E-state index in [-0.39, 0.29) is 11.8 Å². The van der Waals surface area contributed by atoms with Crippen molar-refractivity contribution in [1.82, 2.24) is 10.3 Å². The fourth-order valence-electron chi connectivity index (χ4n) is 0.992. The molecule has 0 aromatic carbocycles. The van der Waals surface area contributed by atoms with Crippen LogP contribution in [0.5, 0.6) is 0 Å². The molecule has 72 valence electrons. The van der Waals surface area contributed by atoms with Gasteiger partial charge in [-0.1, -0.05) is 0 Å². The van der Waals surface area contributed by atoms with Crippen LogP contribution in [0.25, 0.3) is 0 Å². The molecule has 5 nitrogen and oxygen atoms in total. The Morgan fingerprint density at radius 2 is 2.31 bits per heavy atom. The van der Waals surface area contributed by atoms with Gasteiger partial charge in [0.05, 0.1) is 0 Å². The zero-order chi connectivity index (χ0) is 9.84. The average Bonchev–Trinajstić information content (AvgIpc) is 2.17. The third-order valence-electron chi connectivity index (χ3n) is 1.97. The molecule has 1 aliphatic heterocycles. The number of carbonyl (C=O) groups is 2. The van der Waals surface area contributed by atoms with Gasteiger partial charge in [-0.2, -0.15) is 5.10 Å². The van der Waals surface area contributed by atoms with Crippen molar-refractivity contribution in [2.24, 2.45) is 5.10 Å². The van der Waals surface area contributed by atoms with Gasteiger partial charge in [-0.3, -0.25) is 9.59 Å². The van der Waals surface area contributed by atoms with E-state index in [1.165, 1.54) is 0 Å². The molecule has 0 radical (unpaired) electrons. The molecule has 0 fully saturated rings. The van der Waals surface area contributed by atoms with Crippen molar-refractivity contribution in [3.8, 4) is 0 Å². The van der Waals surface area contributed by atoms with Crippen molar-refractivity contribution in [2.75, 3.05) is 13.6 Å². The first-order valence-corrected chi connectivity index (χ1v) is 4.26. The lowest BCUT2D eigenvalue weighted by atomic mass is 10.1. The molecular formula is C8H13N3O2. The lowest BCUT2D eigenvalue weighted by Gasteiger charge is -2.17. The van der Waals surface area contributed by atoms with Gasteiger partial charge in [0, 0.05) is 26.4 Å². The van der Waals surface area contributed by atoms with Crippen LogP contribution in [-0.4, -0.2) is 36.0 Å². The maximum Gasteiger partial charge on any atom is 0.269 e. The van der Waals surface area contributed by atoms with Gasteiger partial charge in [0.2, 0.25) is 5.91 Å². The highest BCUT2D eigenvalue weighted by Crippen LogP contribution is 2.02. The Bertz CT molecular complexity index is 260. The topological polar surface area (TPSA) is 61.8 Å². The molecule has 0 saturated heterocycles. The summed E-state index contributed by atoms with van der Waals surface area (Å²) in [6.45, 7) is 2.53. The SMILES string of the molecule is CCN(C)C(=O)C1=NNC(=O)CC1. The van der Waals surface area contributed by atoms with Crippen molar-refractivity contribution in [3.05, 3.63) is 0 Å². The van der Waals surface area contributed by atoms with Crippen LogP contribution in [0.1, 0.15) is 19.8 Å². The van der Waals surface area contributed by atoms with Crippen LogP contribution in [0, 0.1) is 0 Å². The van der Waals surface area contributed by atoms with Crippen LogP contribution in [0.4, 0.5) is 0 Å². The molecule has 2 amide bonds. The second kappa shape index (κ2) is 4.02. The third kappa shape index (κ3) is 2.27. The normalized spacial score (nSPS) is 16.2. The summed E-state index contributed by atoms with van der Waals surface area (Å²) in [7, 11) is 1.71. The van der Waals surface area contributed by atoms with Crippen LogP contribution in [0.15, 0.2) is 5.10 Å². The van der Waals surface area contributed by atoms with Crippen LogP contribution in [0.2, 0.25) is 0 Å². The highest BCUT2D eigenvalue weighted by atomic mass is 16.2. The summed E-state index contributed by atoms with van der Waals surface area (Å²) in [6.07, 6.45) is 0.789. The first-order chi connectivity index (χ1) is 6.15. The molecule has 5 heteroatoms. The number of nitrogens with one attached hydrogen (secondary N) is 1. The molecular weight excluding hydrogens is 170 g/mol. The summed E-state index contributed by atoms with van der Waals surface area (Å²) in [5, 5.41) is 3.71. The van der Waals surface area contributed by atoms with E-state index >= 15 is 0 Å². The minimum absolute atomic E-state index is 0.109. The highest BCUT2D eigenvalue weighted by Gasteiger charge is 2.20. The highest BCUT2D eigenvalue weighted by molar-refractivity contribution is 6.39. The van der Waals surface area contributed by atoms with Crippen molar-refractivity contribution < 1.29 is 9.59 Å². The lowest BCUT2D eigenvalue weighted by Crippen LogP contribution is -2.37. The quantitative estimate of drug-likeness (QED) is 0.640. The molecule has 0 saturated carbocycles. The van der Waals surface area contributed by atoms with Gasteiger partial charge in [0.15, 0.2) is 0 Å². The molecule has 0 aromatic rings. The van der Waals surface area contributed by atoms with Crippen molar-refractivity contribution >= 4 is 17.5 Å². The van der Waals surface area contributed by atoms with E-state index in [1.54, 1.807) is 11.9 Å². The van der Waals surface area contributed by atoms with Crippen LogP contribution >= 0.6 is 0 Å². The van der Waals surface area contributed by atoms with E-state index in [4.69, 9.17) is 0 Å². The summed E-state index contributed by atoms with van der Waals surface area (Å²) in [4.78, 5) is 23.8. The molecule has 1 N–H and O–H groups in total. The number of carbonyl (C=O) groups excluding carboxylic acids is 2. The number of hydrogen-bond donors (Lipinski definition) is 1. The fourth-order valence-corrected chi connectivity index (χ4v) is 0.992. The Morgan fingerprint density at radius 3 is 2.77 bits per heavy atom. The van der Waals surface area contributed by atoms with Gasteiger partial charge >= 0.3 is 0 Å². The zero-order valence-corrected chi connectivity index (χ0v) is 7.83. The summed E-state index contributed by atoms with van der Waals surface area (Å²) in [6, 6.07) is 0. The summed E-state index contributed by atoms with van der Waals surface area (Å²) < 4.78 is 0. The molecule has 0 unspecified atom stereocenters. The number of amides is 2. The summed E-state index contributed by atoms with van der Waals surface area (Å²) in [5.41, 5.74) is 2.73. The summed E-state index contributed by atoms with van der Waals surface area (Å²) in [5.74, 6) is -0.238. The number of rotatable bonds is 2. The molecule has 0 aromatic heterocycles. The number of hydrogen-bond acceptors (Lipinski definition) is 3. The predicted molar refractivity (Wildman–Crippen MR) is 48.1 cm³/mol. The van der Waals surface area contributed by atoms with E-state index in [0.29, 0.717) is 25.1 Å². The Labute approximate surface area is 76.8 Å². The van der Waals surface area contributed by atoms with Crippen molar-refractivity contribution in [1.29, 1.82) is 0 Å². The smallest absolute Gasteiger partial charge is 0.269 e. The Morgan fingerprint density at radius 1 is 1.62 bits per heavy atom. The second-order valence-corrected chi connectivity index (χ2v) is 2.91. The molecule has 13 heavy (non-hydrogen) atoms. The first kappa shape index (κ1) is 9.70. The van der Waals surface area contributed by atoms with Crippen molar-refractivity contribution in [2.45, 2.75) is 19.8 Å². The monoisotopic (exact) mass is 183 g/mol. The number of hydrazone groups is 1. The van der Waals surface area contributed by atoms with Gasteiger partial charge in [-0.05, 0) is 6.92 Å². The van der Waals surface area contributed by atoms with Gasteiger partial charge in [-0.25, -0.2) is 5.43 Å². The molecule has 0 spiro atoms. The molecule has 0 bridgehead atoms. The van der Waals surface area contributed by atoms with E-state index in [0.717, 1.165) is 0 Å². The van der Waals surface area contributed by atoms with Gasteiger partial charge < -0.3 is 4.90 Å². The average molecular weight is 183 g/mol. The predicted octanol–water partition coefficient (Wildman–Crippen LogP) is -0.269. The van der Waals surface area contributed by atoms with Crippen LogP contribution in [-0.2, 0) is 9.59 Å². The molecule has 1 heterocycles. The maximum absolute atomic E-state index is 11.5. The largest absolute Gasteiger partial charge is 0.341 e. The van der Waals surface area contributed by atoms with E-state index < -0.39 is 0 Å². The lowest BCUT2D eigenvalue weighted by molar-refractivity contribution is -0.123. The minimum atomic E-state index is -0.129. The Kier molecular flexibility index (Phi) is 3.00. The minimum Gasteiger partial charge on any atom is -0.341 e. The fraction of sp³-hybridized carbons (Fsp3) is 0.625. The first-order valence-electron chi connectivity index (χ1n) is 4.26. The molecule has 0 atom stereocenters. The summed E-state index contributed by atoms with van der Waals surface area (Å²) >= 11 is 0. The third-order valence-corrected chi connectivity index (χ3v) is 1.97. The molecule has 0 aliphatic carbocycles.